The minimum absolute atomic E-state index is 0.333. The lowest BCUT2D eigenvalue weighted by Gasteiger charge is -2.36. The van der Waals surface area contributed by atoms with Crippen LogP contribution in [0.4, 0.5) is 0 Å². The molecule has 2 fully saturated rings. The minimum atomic E-state index is 0.333. The number of hydrogen-bond donors (Lipinski definition) is 2. The Labute approximate surface area is 73.8 Å². The van der Waals surface area contributed by atoms with E-state index < -0.39 is 0 Å². The van der Waals surface area contributed by atoms with Crippen LogP contribution in [0.25, 0.3) is 0 Å². The first kappa shape index (κ1) is 8.48. The molecule has 3 nitrogen and oxygen atoms in total. The molecule has 2 aliphatic rings. The van der Waals surface area contributed by atoms with E-state index in [-0.39, 0.29) is 0 Å². The van der Waals surface area contributed by atoms with E-state index in [1.165, 1.54) is 25.9 Å². The standard InChI is InChI=1S/C9H18N2O/c12-7-1-5-11-6-4-10-8-9(11)2-3-9/h10,12H,1-8H2. The van der Waals surface area contributed by atoms with Crippen molar-refractivity contribution < 1.29 is 5.11 Å². The van der Waals surface area contributed by atoms with Crippen molar-refractivity contribution in [1.82, 2.24) is 10.2 Å². The molecule has 0 amide bonds. The molecule has 70 valence electrons. The summed E-state index contributed by atoms with van der Waals surface area (Å²) in [6.45, 7) is 4.86. The third-order valence-electron chi connectivity index (χ3n) is 3.10. The Morgan fingerprint density at radius 2 is 2.25 bits per heavy atom. The van der Waals surface area contributed by atoms with Crippen molar-refractivity contribution in [3.8, 4) is 0 Å². The quantitative estimate of drug-likeness (QED) is 0.616. The van der Waals surface area contributed by atoms with Crippen LogP contribution >= 0.6 is 0 Å². The summed E-state index contributed by atoms with van der Waals surface area (Å²) in [7, 11) is 0. The van der Waals surface area contributed by atoms with Gasteiger partial charge in [-0.15, -0.1) is 0 Å². The Morgan fingerprint density at radius 3 is 2.92 bits per heavy atom. The third kappa shape index (κ3) is 1.49. The van der Waals surface area contributed by atoms with Crippen LogP contribution in [0.15, 0.2) is 0 Å². The average Bonchev–Trinajstić information content (AvgIpc) is 2.85. The molecule has 1 spiro atoms. The van der Waals surface area contributed by atoms with Crippen molar-refractivity contribution in [1.29, 1.82) is 0 Å². The van der Waals surface area contributed by atoms with E-state index in [4.69, 9.17) is 5.11 Å². The normalized spacial score (nSPS) is 27.8. The second-order valence-electron chi connectivity index (χ2n) is 3.97. The molecule has 2 N–H and O–H groups in total. The number of piperazine rings is 1. The molecule has 0 radical (unpaired) electrons. The molecular weight excluding hydrogens is 152 g/mol. The van der Waals surface area contributed by atoms with E-state index in [2.05, 4.69) is 10.2 Å². The van der Waals surface area contributed by atoms with Crippen molar-refractivity contribution in [3.05, 3.63) is 0 Å². The lowest BCUT2D eigenvalue weighted by atomic mass is 10.1. The van der Waals surface area contributed by atoms with E-state index in [0.29, 0.717) is 12.1 Å². The lowest BCUT2D eigenvalue weighted by molar-refractivity contribution is 0.129. The first-order valence-electron chi connectivity index (χ1n) is 4.94. The molecule has 2 rings (SSSR count). The van der Waals surface area contributed by atoms with E-state index in [1.54, 1.807) is 0 Å². The lowest BCUT2D eigenvalue weighted by Crippen LogP contribution is -2.53. The maximum absolute atomic E-state index is 8.75. The first-order valence-corrected chi connectivity index (χ1v) is 4.94. The predicted octanol–water partition coefficient (Wildman–Crippen LogP) is -0.193. The van der Waals surface area contributed by atoms with Crippen molar-refractivity contribution in [2.24, 2.45) is 0 Å². The highest BCUT2D eigenvalue weighted by molar-refractivity contribution is 5.07. The number of rotatable bonds is 3. The average molecular weight is 170 g/mol. The van der Waals surface area contributed by atoms with Crippen LogP contribution < -0.4 is 5.32 Å². The van der Waals surface area contributed by atoms with Gasteiger partial charge in [0.2, 0.25) is 0 Å². The van der Waals surface area contributed by atoms with Gasteiger partial charge >= 0.3 is 0 Å². The predicted molar refractivity (Wildman–Crippen MR) is 48.1 cm³/mol. The van der Waals surface area contributed by atoms with Gasteiger partial charge in [-0.3, -0.25) is 4.90 Å². The molecule has 12 heavy (non-hydrogen) atoms. The van der Waals surface area contributed by atoms with Gasteiger partial charge in [-0.05, 0) is 19.3 Å². The number of hydrogen-bond acceptors (Lipinski definition) is 3. The number of nitrogens with one attached hydrogen (secondary N) is 1. The van der Waals surface area contributed by atoms with E-state index in [1.807, 2.05) is 0 Å². The van der Waals surface area contributed by atoms with Crippen LogP contribution in [0.5, 0.6) is 0 Å². The second-order valence-corrected chi connectivity index (χ2v) is 3.97. The fraction of sp³-hybridized carbons (Fsp3) is 1.00. The van der Waals surface area contributed by atoms with Gasteiger partial charge in [-0.25, -0.2) is 0 Å². The van der Waals surface area contributed by atoms with E-state index in [9.17, 15) is 0 Å². The zero-order chi connectivity index (χ0) is 8.44. The molecule has 1 aliphatic carbocycles. The minimum Gasteiger partial charge on any atom is -0.396 e. The van der Waals surface area contributed by atoms with Crippen LogP contribution in [0.1, 0.15) is 19.3 Å². The van der Waals surface area contributed by atoms with E-state index >= 15 is 0 Å². The highest BCUT2D eigenvalue weighted by Crippen LogP contribution is 2.42. The largest absolute Gasteiger partial charge is 0.396 e. The Balaban J connectivity index is 1.84. The van der Waals surface area contributed by atoms with Crippen LogP contribution in [0.2, 0.25) is 0 Å². The van der Waals surface area contributed by atoms with Gasteiger partial charge in [-0.1, -0.05) is 0 Å². The fourth-order valence-electron chi connectivity index (χ4n) is 2.13. The summed E-state index contributed by atoms with van der Waals surface area (Å²) in [6, 6.07) is 0. The molecule has 0 bridgehead atoms. The zero-order valence-electron chi connectivity index (χ0n) is 7.55. The molecule has 0 aromatic heterocycles. The molecule has 0 aromatic rings. The first-order chi connectivity index (χ1) is 5.87. The van der Waals surface area contributed by atoms with Gasteiger partial charge < -0.3 is 10.4 Å². The Bertz CT molecular complexity index is 157. The molecule has 1 heterocycles. The van der Waals surface area contributed by atoms with Crippen molar-refractivity contribution >= 4 is 0 Å². The topological polar surface area (TPSA) is 35.5 Å². The third-order valence-corrected chi connectivity index (χ3v) is 3.10. The smallest absolute Gasteiger partial charge is 0.0443 e. The Kier molecular flexibility index (Phi) is 2.35. The number of nitrogens with zero attached hydrogens (tertiary/aromatic N) is 1. The van der Waals surface area contributed by atoms with Crippen LogP contribution in [0.3, 0.4) is 0 Å². The van der Waals surface area contributed by atoms with Gasteiger partial charge in [-0.2, -0.15) is 0 Å². The Morgan fingerprint density at radius 1 is 1.42 bits per heavy atom. The monoisotopic (exact) mass is 170 g/mol. The zero-order valence-corrected chi connectivity index (χ0v) is 7.55. The van der Waals surface area contributed by atoms with E-state index in [0.717, 1.165) is 19.5 Å². The summed E-state index contributed by atoms with van der Waals surface area (Å²) in [4.78, 5) is 2.56. The van der Waals surface area contributed by atoms with Gasteiger partial charge in [0, 0.05) is 38.3 Å². The molecule has 3 heteroatoms. The second kappa shape index (κ2) is 3.32. The van der Waals surface area contributed by atoms with Gasteiger partial charge in [0.25, 0.3) is 0 Å². The SMILES string of the molecule is OCCCN1CCNCC12CC2. The fourth-order valence-corrected chi connectivity index (χ4v) is 2.13. The summed E-state index contributed by atoms with van der Waals surface area (Å²) in [5.41, 5.74) is 0.507. The Hall–Kier alpha value is -0.120. The van der Waals surface area contributed by atoms with Crippen LogP contribution in [-0.2, 0) is 0 Å². The summed E-state index contributed by atoms with van der Waals surface area (Å²) in [5.74, 6) is 0. The maximum atomic E-state index is 8.75. The number of aliphatic hydroxyl groups excluding tert-OH is 1. The van der Waals surface area contributed by atoms with Crippen molar-refractivity contribution in [2.75, 3.05) is 32.8 Å². The highest BCUT2D eigenvalue weighted by Gasteiger charge is 2.48. The van der Waals surface area contributed by atoms with Gasteiger partial charge in [0.15, 0.2) is 0 Å². The van der Waals surface area contributed by atoms with Crippen LogP contribution in [0, 0.1) is 0 Å². The molecule has 1 aliphatic heterocycles. The molecule has 0 unspecified atom stereocenters. The summed E-state index contributed by atoms with van der Waals surface area (Å²) in [5, 5.41) is 12.2. The highest BCUT2D eigenvalue weighted by atomic mass is 16.3. The molecule has 1 saturated heterocycles. The van der Waals surface area contributed by atoms with Crippen molar-refractivity contribution in [2.45, 2.75) is 24.8 Å². The molecule has 1 saturated carbocycles. The summed E-state index contributed by atoms with van der Waals surface area (Å²) < 4.78 is 0. The molecular formula is C9H18N2O. The van der Waals surface area contributed by atoms with Gasteiger partial charge in [0.1, 0.15) is 0 Å². The molecule has 0 atom stereocenters. The van der Waals surface area contributed by atoms with Crippen LogP contribution in [-0.4, -0.2) is 48.3 Å². The van der Waals surface area contributed by atoms with Crippen molar-refractivity contribution in [3.63, 3.8) is 0 Å². The van der Waals surface area contributed by atoms with Gasteiger partial charge in [0.05, 0.1) is 0 Å². The summed E-state index contributed by atoms with van der Waals surface area (Å²) >= 11 is 0. The number of aliphatic hydroxyl groups is 1. The maximum Gasteiger partial charge on any atom is 0.0443 e. The molecule has 0 aromatic carbocycles. The summed E-state index contributed by atoms with van der Waals surface area (Å²) in [6.07, 6.45) is 3.64.